The van der Waals surface area contributed by atoms with E-state index in [2.05, 4.69) is 10.6 Å². The Bertz CT molecular complexity index is 888. The molecular weight excluding hydrogens is 344 g/mol. The summed E-state index contributed by atoms with van der Waals surface area (Å²) in [5, 5.41) is 14.0. The van der Waals surface area contributed by atoms with E-state index in [0.29, 0.717) is 24.1 Å². The van der Waals surface area contributed by atoms with Crippen LogP contribution in [0.3, 0.4) is 0 Å². The smallest absolute Gasteiger partial charge is 0.325 e. The Hall–Kier alpha value is -3.66. The van der Waals surface area contributed by atoms with Gasteiger partial charge in [0.2, 0.25) is 5.91 Å². The highest BCUT2D eigenvalue weighted by molar-refractivity contribution is 6.07. The number of hydrogen-bond donors (Lipinski definition) is 2. The number of amides is 4. The molecule has 1 saturated heterocycles. The van der Waals surface area contributed by atoms with Crippen LogP contribution in [0.4, 0.5) is 10.5 Å². The number of carbonyl (C=O) groups excluding carboxylic acids is 3. The average molecular weight is 362 g/mol. The summed E-state index contributed by atoms with van der Waals surface area (Å²) in [6.07, 6.45) is 1.13. The number of aryl methyl sites for hydroxylation is 1. The lowest BCUT2D eigenvalue weighted by molar-refractivity contribution is -0.130. The maximum absolute atomic E-state index is 12.4. The van der Waals surface area contributed by atoms with Crippen LogP contribution >= 0.6 is 0 Å². The highest BCUT2D eigenvalue weighted by Gasteiger charge is 2.38. The van der Waals surface area contributed by atoms with Crippen LogP contribution in [-0.4, -0.2) is 35.3 Å². The Labute approximate surface area is 156 Å². The number of imide groups is 1. The molecule has 3 rings (SSSR count). The van der Waals surface area contributed by atoms with E-state index in [-0.39, 0.29) is 6.54 Å². The van der Waals surface area contributed by atoms with E-state index in [1.165, 1.54) is 0 Å². The summed E-state index contributed by atoms with van der Waals surface area (Å²) in [5.41, 5.74) is 2.05. The van der Waals surface area contributed by atoms with Gasteiger partial charge in [-0.2, -0.15) is 5.26 Å². The molecule has 0 aliphatic carbocycles. The number of nitrogens with zero attached hydrogens (tertiary/aromatic N) is 2. The second-order valence-corrected chi connectivity index (χ2v) is 6.19. The van der Waals surface area contributed by atoms with E-state index in [9.17, 15) is 14.4 Å². The van der Waals surface area contributed by atoms with E-state index in [4.69, 9.17) is 5.26 Å². The molecule has 7 heteroatoms. The quantitative estimate of drug-likeness (QED) is 0.768. The van der Waals surface area contributed by atoms with Crippen molar-refractivity contribution in [2.75, 3.05) is 11.9 Å². The molecule has 27 heavy (non-hydrogen) atoms. The molecule has 1 heterocycles. The first-order valence-electron chi connectivity index (χ1n) is 8.52. The van der Waals surface area contributed by atoms with Gasteiger partial charge in [-0.3, -0.25) is 14.5 Å². The van der Waals surface area contributed by atoms with E-state index < -0.39 is 23.9 Å². The van der Waals surface area contributed by atoms with Crippen molar-refractivity contribution in [1.29, 1.82) is 5.26 Å². The number of nitriles is 1. The minimum absolute atomic E-state index is 0.355. The predicted octanol–water partition coefficient (Wildman–Crippen LogP) is 2.05. The number of rotatable bonds is 6. The van der Waals surface area contributed by atoms with Gasteiger partial charge < -0.3 is 10.6 Å². The van der Waals surface area contributed by atoms with Gasteiger partial charge in [-0.15, -0.1) is 0 Å². The Kier molecular flexibility index (Phi) is 5.47. The first-order valence-corrected chi connectivity index (χ1v) is 8.52. The summed E-state index contributed by atoms with van der Waals surface area (Å²) in [4.78, 5) is 37.6. The van der Waals surface area contributed by atoms with Gasteiger partial charge in [0.15, 0.2) is 0 Å². The molecule has 1 aliphatic heterocycles. The third-order valence-electron chi connectivity index (χ3n) is 4.27. The summed E-state index contributed by atoms with van der Waals surface area (Å²) in [6.45, 7) is -0.355. The van der Waals surface area contributed by atoms with Crippen LogP contribution < -0.4 is 10.6 Å². The van der Waals surface area contributed by atoms with Crippen LogP contribution in [0.1, 0.15) is 17.5 Å². The minimum Gasteiger partial charge on any atom is -0.326 e. The SMILES string of the molecule is N#Cc1ccc(NC(=O)CN2C(=O)NC(CCc3ccccc3)C2=O)cc1. The van der Waals surface area contributed by atoms with Crippen LogP contribution in [-0.2, 0) is 16.0 Å². The van der Waals surface area contributed by atoms with E-state index in [0.717, 1.165) is 10.5 Å². The van der Waals surface area contributed by atoms with Gasteiger partial charge in [-0.1, -0.05) is 30.3 Å². The third-order valence-corrected chi connectivity index (χ3v) is 4.27. The van der Waals surface area contributed by atoms with Crippen LogP contribution in [0.25, 0.3) is 0 Å². The number of anilines is 1. The molecule has 1 atom stereocenters. The number of benzene rings is 2. The number of hydrogen-bond acceptors (Lipinski definition) is 4. The Morgan fingerprint density at radius 3 is 2.48 bits per heavy atom. The van der Waals surface area contributed by atoms with E-state index in [1.807, 2.05) is 36.4 Å². The van der Waals surface area contributed by atoms with E-state index in [1.54, 1.807) is 24.3 Å². The van der Waals surface area contributed by atoms with Gasteiger partial charge in [0.1, 0.15) is 12.6 Å². The van der Waals surface area contributed by atoms with E-state index >= 15 is 0 Å². The summed E-state index contributed by atoms with van der Waals surface area (Å²) < 4.78 is 0. The molecule has 4 amide bonds. The molecule has 1 unspecified atom stereocenters. The second kappa shape index (κ2) is 8.15. The lowest BCUT2D eigenvalue weighted by Gasteiger charge is -2.13. The van der Waals surface area contributed by atoms with Crippen LogP contribution in [0, 0.1) is 11.3 Å². The molecule has 2 aromatic rings. The summed E-state index contributed by atoms with van der Waals surface area (Å²) in [6, 6.07) is 16.8. The topological polar surface area (TPSA) is 102 Å². The van der Waals surface area contributed by atoms with Gasteiger partial charge in [0.05, 0.1) is 11.6 Å². The molecule has 136 valence electrons. The van der Waals surface area contributed by atoms with Crippen molar-refractivity contribution in [1.82, 2.24) is 10.2 Å². The van der Waals surface area contributed by atoms with Gasteiger partial charge in [-0.25, -0.2) is 4.79 Å². The predicted molar refractivity (Wildman–Crippen MR) is 98.6 cm³/mol. The van der Waals surface area contributed by atoms with Crippen molar-refractivity contribution >= 4 is 23.5 Å². The lowest BCUT2D eigenvalue weighted by atomic mass is 10.1. The number of carbonyl (C=O) groups is 3. The van der Waals surface area contributed by atoms with Crippen molar-refractivity contribution in [3.8, 4) is 6.07 Å². The first kappa shape index (κ1) is 18.1. The van der Waals surface area contributed by atoms with Crippen molar-refractivity contribution < 1.29 is 14.4 Å². The molecule has 0 saturated carbocycles. The van der Waals surface area contributed by atoms with Gasteiger partial charge >= 0.3 is 6.03 Å². The Morgan fingerprint density at radius 1 is 1.11 bits per heavy atom. The fraction of sp³-hybridized carbons (Fsp3) is 0.200. The average Bonchev–Trinajstić information content (AvgIpc) is 2.95. The third kappa shape index (κ3) is 4.50. The molecule has 7 nitrogen and oxygen atoms in total. The molecule has 2 aromatic carbocycles. The second-order valence-electron chi connectivity index (χ2n) is 6.19. The molecule has 1 aliphatic rings. The monoisotopic (exact) mass is 362 g/mol. The normalized spacial score (nSPS) is 16.0. The fourth-order valence-electron chi connectivity index (χ4n) is 2.85. The summed E-state index contributed by atoms with van der Waals surface area (Å²) in [5.74, 6) is -0.877. The Balaban J connectivity index is 1.54. The van der Waals surface area contributed by atoms with Crippen molar-refractivity contribution in [2.45, 2.75) is 18.9 Å². The van der Waals surface area contributed by atoms with Gasteiger partial charge in [0.25, 0.3) is 5.91 Å². The van der Waals surface area contributed by atoms with Crippen molar-refractivity contribution in [3.05, 3.63) is 65.7 Å². The van der Waals surface area contributed by atoms with Crippen molar-refractivity contribution in [3.63, 3.8) is 0 Å². The van der Waals surface area contributed by atoms with Crippen molar-refractivity contribution in [2.24, 2.45) is 0 Å². The first-order chi connectivity index (χ1) is 13.1. The van der Waals surface area contributed by atoms with Crippen LogP contribution in [0.2, 0.25) is 0 Å². The molecule has 0 bridgehead atoms. The standard InChI is InChI=1S/C20H18N4O3/c21-12-15-6-9-16(10-7-15)22-18(25)13-24-19(26)17(23-20(24)27)11-8-14-4-2-1-3-5-14/h1-7,9-10,17H,8,11,13H2,(H,22,25)(H,23,27). The fourth-order valence-corrected chi connectivity index (χ4v) is 2.85. The zero-order valence-corrected chi connectivity index (χ0v) is 14.5. The van der Waals surface area contributed by atoms with Crippen LogP contribution in [0.5, 0.6) is 0 Å². The zero-order valence-electron chi connectivity index (χ0n) is 14.5. The summed E-state index contributed by atoms with van der Waals surface area (Å²) in [7, 11) is 0. The van der Waals surface area contributed by atoms with Gasteiger partial charge in [-0.05, 0) is 42.7 Å². The highest BCUT2D eigenvalue weighted by Crippen LogP contribution is 2.14. The lowest BCUT2D eigenvalue weighted by Crippen LogP contribution is -2.38. The zero-order chi connectivity index (χ0) is 19.2. The number of urea groups is 1. The van der Waals surface area contributed by atoms with Crippen LogP contribution in [0.15, 0.2) is 54.6 Å². The molecule has 0 aromatic heterocycles. The molecule has 2 N–H and O–H groups in total. The highest BCUT2D eigenvalue weighted by atomic mass is 16.2. The molecule has 1 fully saturated rings. The molecular formula is C20H18N4O3. The maximum Gasteiger partial charge on any atom is 0.325 e. The molecule has 0 spiro atoms. The number of nitrogens with one attached hydrogen (secondary N) is 2. The Morgan fingerprint density at radius 2 is 1.81 bits per heavy atom. The van der Waals surface area contributed by atoms with Gasteiger partial charge in [0, 0.05) is 5.69 Å². The largest absolute Gasteiger partial charge is 0.326 e. The minimum atomic E-state index is -0.625. The summed E-state index contributed by atoms with van der Waals surface area (Å²) >= 11 is 0. The molecule has 0 radical (unpaired) electrons. The maximum atomic E-state index is 12.4.